The fourth-order valence-electron chi connectivity index (χ4n) is 5.60. The summed E-state index contributed by atoms with van der Waals surface area (Å²) in [5, 5.41) is 23.6. The molecule has 308 valence electrons. The minimum absolute atomic E-state index is 0.157. The first-order chi connectivity index (χ1) is 27.7. The van der Waals surface area contributed by atoms with E-state index in [4.69, 9.17) is 27.5 Å². The van der Waals surface area contributed by atoms with Crippen LogP contribution in [0.4, 0.5) is 0 Å². The zero-order valence-electron chi connectivity index (χ0n) is 32.2. The number of carbonyl (C=O) groups is 6. The molecule has 0 spiro atoms. The van der Waals surface area contributed by atoms with Crippen LogP contribution in [0.15, 0.2) is 83.5 Å². The Balaban J connectivity index is 1.33. The number of oxazole rings is 1. The van der Waals surface area contributed by atoms with Crippen molar-refractivity contribution in [3.8, 4) is 22.6 Å². The second-order valence-corrected chi connectivity index (χ2v) is 13.9. The number of halogens is 1. The van der Waals surface area contributed by atoms with Crippen molar-refractivity contribution in [3.63, 3.8) is 0 Å². The Kier molecular flexibility index (Phi) is 16.6. The molecular formula is C40H48ClN9O8. The topological polar surface area (TPSA) is 274 Å². The Bertz CT molecular complexity index is 2030. The molecule has 58 heavy (non-hydrogen) atoms. The lowest BCUT2D eigenvalue weighted by Crippen LogP contribution is -2.61. The number of Topliss-reactive ketones (excluding diaryl/α,β-unsaturated/α-hetero) is 1. The summed E-state index contributed by atoms with van der Waals surface area (Å²) in [4.78, 5) is 87.4. The third kappa shape index (κ3) is 12.5. The first kappa shape index (κ1) is 44.7. The Hall–Kier alpha value is -6.01. The Labute approximate surface area is 340 Å². The van der Waals surface area contributed by atoms with Crippen molar-refractivity contribution in [1.82, 2.24) is 36.6 Å². The summed E-state index contributed by atoms with van der Waals surface area (Å²) in [6, 6.07) is 12.6. The number of nitrogens with zero attached hydrogens (tertiary/aromatic N) is 2. The largest absolute Gasteiger partial charge is 0.432 e. The summed E-state index contributed by atoms with van der Waals surface area (Å²) in [7, 11) is 0. The SMILES string of the molecule is C[C@H](NC(=O)[C@@H](NC(=O)[C@H](CN)NC(=O)c1ccc(-c2ccc(Cl)cc2)cc1)[C@@H](C)O)C(=O)N[C@@H](CCCCN)C(=O)N[C@@H](C)C(=O)c1ncc(-c2ccccn2)o1. The minimum atomic E-state index is -1.56. The second kappa shape index (κ2) is 21.5. The number of pyridine rings is 1. The summed E-state index contributed by atoms with van der Waals surface area (Å²) in [5.74, 6) is -4.42. The molecule has 0 fully saturated rings. The predicted molar refractivity (Wildman–Crippen MR) is 215 cm³/mol. The van der Waals surface area contributed by atoms with Crippen LogP contribution in [0.5, 0.6) is 0 Å². The highest BCUT2D eigenvalue weighted by molar-refractivity contribution is 6.30. The number of nitrogens with one attached hydrogen (secondary N) is 5. The number of unbranched alkanes of at least 4 members (excludes halogenated alkanes) is 1. The number of ketones is 1. The summed E-state index contributed by atoms with van der Waals surface area (Å²) in [6.07, 6.45) is 2.63. The van der Waals surface area contributed by atoms with Crippen molar-refractivity contribution in [3.05, 3.63) is 95.6 Å². The van der Waals surface area contributed by atoms with Crippen molar-refractivity contribution < 1.29 is 38.3 Å². The maximum atomic E-state index is 13.4. The van der Waals surface area contributed by atoms with Gasteiger partial charge in [0, 0.05) is 23.3 Å². The van der Waals surface area contributed by atoms with Gasteiger partial charge in [-0.15, -0.1) is 0 Å². The smallest absolute Gasteiger partial charge is 0.265 e. The van der Waals surface area contributed by atoms with Crippen LogP contribution in [0.25, 0.3) is 22.6 Å². The molecule has 18 heteroatoms. The highest BCUT2D eigenvalue weighted by Crippen LogP contribution is 2.22. The normalized spacial score (nSPS) is 14.1. The molecule has 0 aliphatic heterocycles. The maximum absolute atomic E-state index is 13.4. The van der Waals surface area contributed by atoms with Gasteiger partial charge in [-0.1, -0.05) is 41.9 Å². The average molecular weight is 818 g/mol. The molecule has 0 bridgehead atoms. The van der Waals surface area contributed by atoms with Gasteiger partial charge < -0.3 is 47.6 Å². The van der Waals surface area contributed by atoms with Crippen LogP contribution >= 0.6 is 11.6 Å². The van der Waals surface area contributed by atoms with E-state index in [-0.39, 0.29) is 30.2 Å². The van der Waals surface area contributed by atoms with Gasteiger partial charge in [0.15, 0.2) is 5.76 Å². The number of benzene rings is 2. The van der Waals surface area contributed by atoms with Gasteiger partial charge in [-0.05, 0) is 94.1 Å². The number of hydrogen-bond acceptors (Lipinski definition) is 12. The van der Waals surface area contributed by atoms with Crippen LogP contribution in [-0.4, -0.2) is 99.8 Å². The Morgan fingerprint density at radius 2 is 1.36 bits per heavy atom. The van der Waals surface area contributed by atoms with Crippen LogP contribution < -0.4 is 38.1 Å². The predicted octanol–water partition coefficient (Wildman–Crippen LogP) is 1.49. The van der Waals surface area contributed by atoms with E-state index in [1.54, 1.807) is 60.8 Å². The third-order valence-corrected chi connectivity index (χ3v) is 9.21. The van der Waals surface area contributed by atoms with Gasteiger partial charge in [0.2, 0.25) is 29.4 Å². The van der Waals surface area contributed by atoms with Gasteiger partial charge in [-0.3, -0.25) is 33.8 Å². The number of nitrogens with two attached hydrogens (primary N) is 2. The van der Waals surface area contributed by atoms with E-state index in [0.29, 0.717) is 30.1 Å². The van der Waals surface area contributed by atoms with E-state index in [9.17, 15) is 33.9 Å². The molecule has 5 amide bonds. The van der Waals surface area contributed by atoms with Crippen LogP contribution in [0.2, 0.25) is 5.02 Å². The van der Waals surface area contributed by atoms with Crippen molar-refractivity contribution in [2.75, 3.05) is 13.1 Å². The van der Waals surface area contributed by atoms with E-state index in [2.05, 4.69) is 36.6 Å². The van der Waals surface area contributed by atoms with Crippen molar-refractivity contribution >= 4 is 46.9 Å². The highest BCUT2D eigenvalue weighted by Gasteiger charge is 2.33. The van der Waals surface area contributed by atoms with Crippen molar-refractivity contribution in [2.45, 2.75) is 76.3 Å². The zero-order chi connectivity index (χ0) is 42.4. The summed E-state index contributed by atoms with van der Waals surface area (Å²) in [5.41, 5.74) is 13.9. The second-order valence-electron chi connectivity index (χ2n) is 13.5. The molecule has 0 aliphatic carbocycles. The molecule has 4 aromatic rings. The van der Waals surface area contributed by atoms with Gasteiger partial charge in [-0.2, -0.15) is 0 Å². The molecule has 2 aromatic carbocycles. The van der Waals surface area contributed by atoms with Crippen molar-refractivity contribution in [2.24, 2.45) is 11.5 Å². The zero-order valence-corrected chi connectivity index (χ0v) is 33.0. The Morgan fingerprint density at radius 3 is 1.97 bits per heavy atom. The minimum Gasteiger partial charge on any atom is -0.432 e. The molecule has 0 aliphatic rings. The van der Waals surface area contributed by atoms with Gasteiger partial charge in [0.1, 0.15) is 29.9 Å². The number of amides is 5. The molecule has 2 heterocycles. The van der Waals surface area contributed by atoms with Gasteiger partial charge in [0.25, 0.3) is 11.8 Å². The standard InChI is InChI=1S/C40H48ClN9O8/c1-22(34(52)40-45-21-32(58-40)29-8-5-7-19-44-29)46-37(55)30(9-4-6-18-42)48-35(53)23(2)47-39(57)33(24(3)51)50-38(56)31(20-43)49-36(54)27-12-10-25(11-13-27)26-14-16-28(41)17-15-26/h5,7-8,10-17,19,21-24,30-31,33,51H,4,6,9,18,20,42-43H2,1-3H3,(H,46,55)(H,47,57)(H,48,53)(H,49,54)(H,50,56)/t22-,23-,24+,30-,31-,33-/m0/s1. The van der Waals surface area contributed by atoms with E-state index < -0.39 is 71.6 Å². The number of aliphatic hydroxyl groups is 1. The van der Waals surface area contributed by atoms with Gasteiger partial charge in [-0.25, -0.2) is 4.98 Å². The molecule has 0 saturated carbocycles. The molecular weight excluding hydrogens is 770 g/mol. The summed E-state index contributed by atoms with van der Waals surface area (Å²) in [6.45, 7) is 4.04. The first-order valence-corrected chi connectivity index (χ1v) is 19.0. The van der Waals surface area contributed by atoms with Gasteiger partial charge in [0.05, 0.1) is 18.3 Å². The lowest BCUT2D eigenvalue weighted by atomic mass is 10.0. The Morgan fingerprint density at radius 1 is 0.724 bits per heavy atom. The summed E-state index contributed by atoms with van der Waals surface area (Å²) < 4.78 is 5.57. The van der Waals surface area contributed by atoms with Crippen LogP contribution in [0.1, 0.15) is 61.1 Å². The molecule has 10 N–H and O–H groups in total. The van der Waals surface area contributed by atoms with Crippen molar-refractivity contribution in [1.29, 1.82) is 0 Å². The molecule has 0 saturated heterocycles. The maximum Gasteiger partial charge on any atom is 0.265 e. The number of aromatic nitrogens is 2. The molecule has 6 atom stereocenters. The molecule has 2 aromatic heterocycles. The van der Waals surface area contributed by atoms with E-state index in [0.717, 1.165) is 11.1 Å². The average Bonchev–Trinajstić information content (AvgIpc) is 3.72. The van der Waals surface area contributed by atoms with Crippen LogP contribution in [-0.2, 0) is 19.2 Å². The van der Waals surface area contributed by atoms with E-state index in [1.165, 1.54) is 27.0 Å². The number of carbonyl (C=O) groups excluding carboxylic acids is 6. The monoisotopic (exact) mass is 817 g/mol. The lowest BCUT2D eigenvalue weighted by Gasteiger charge is -2.26. The van der Waals surface area contributed by atoms with Gasteiger partial charge >= 0.3 is 0 Å². The lowest BCUT2D eigenvalue weighted by molar-refractivity contribution is -0.135. The molecule has 0 unspecified atom stereocenters. The van der Waals surface area contributed by atoms with E-state index >= 15 is 0 Å². The molecule has 17 nitrogen and oxygen atoms in total. The first-order valence-electron chi connectivity index (χ1n) is 18.6. The third-order valence-electron chi connectivity index (χ3n) is 8.96. The molecule has 0 radical (unpaired) electrons. The number of aliphatic hydroxyl groups excluding tert-OH is 1. The highest BCUT2D eigenvalue weighted by atomic mass is 35.5. The number of rotatable bonds is 20. The van der Waals surface area contributed by atoms with E-state index in [1.807, 2.05) is 12.1 Å². The molecule has 4 rings (SSSR count). The quantitative estimate of drug-likeness (QED) is 0.0466. The van der Waals surface area contributed by atoms with Crippen LogP contribution in [0, 0.1) is 0 Å². The number of hydrogen-bond donors (Lipinski definition) is 8. The van der Waals surface area contributed by atoms with Crippen LogP contribution in [0.3, 0.4) is 0 Å². The fourth-order valence-corrected chi connectivity index (χ4v) is 5.72. The summed E-state index contributed by atoms with van der Waals surface area (Å²) >= 11 is 5.97. The fraction of sp³-hybridized carbons (Fsp3) is 0.350.